The number of likely N-dealkylation sites (tertiary alicyclic amines) is 1. The molecule has 0 bridgehead atoms. The third-order valence-electron chi connectivity index (χ3n) is 6.16. The molecule has 0 aliphatic carbocycles. The summed E-state index contributed by atoms with van der Waals surface area (Å²) in [5.74, 6) is 2.38. The fraction of sp³-hybridized carbons (Fsp3) is 0.296. The summed E-state index contributed by atoms with van der Waals surface area (Å²) in [6, 6.07) is 18.5. The van der Waals surface area contributed by atoms with E-state index in [-0.39, 0.29) is 0 Å². The molecule has 1 saturated heterocycles. The van der Waals surface area contributed by atoms with Crippen molar-refractivity contribution in [1.29, 1.82) is 0 Å². The number of hydrogen-bond donors (Lipinski definition) is 1. The molecule has 4 aromatic rings. The van der Waals surface area contributed by atoms with Crippen LogP contribution in [0, 0.1) is 0 Å². The molecule has 2 aromatic carbocycles. The van der Waals surface area contributed by atoms with Gasteiger partial charge in [-0.3, -0.25) is 9.88 Å². The van der Waals surface area contributed by atoms with Crippen LogP contribution < -0.4 is 10.1 Å². The van der Waals surface area contributed by atoms with Crippen LogP contribution in [0.3, 0.4) is 0 Å². The largest absolute Gasteiger partial charge is 0.492 e. The van der Waals surface area contributed by atoms with E-state index in [1.54, 1.807) is 12.4 Å². The molecule has 2 aromatic heterocycles. The van der Waals surface area contributed by atoms with Gasteiger partial charge in [0.2, 0.25) is 0 Å². The van der Waals surface area contributed by atoms with Gasteiger partial charge in [0.05, 0.1) is 5.52 Å². The van der Waals surface area contributed by atoms with Crippen LogP contribution in [0.4, 0.5) is 5.82 Å². The van der Waals surface area contributed by atoms with Crippen molar-refractivity contribution in [3.05, 3.63) is 67.0 Å². The maximum atomic E-state index is 5.98. The Hall–Kier alpha value is -3.51. The molecule has 1 N–H and O–H groups in total. The van der Waals surface area contributed by atoms with Crippen molar-refractivity contribution >= 4 is 16.7 Å². The monoisotopic (exact) mass is 439 g/mol. The van der Waals surface area contributed by atoms with Crippen LogP contribution in [0.2, 0.25) is 0 Å². The van der Waals surface area contributed by atoms with Gasteiger partial charge in [0.15, 0.2) is 5.82 Å². The minimum atomic E-state index is 0.666. The number of benzene rings is 2. The van der Waals surface area contributed by atoms with Gasteiger partial charge in [0.1, 0.15) is 18.2 Å². The third kappa shape index (κ3) is 4.96. The normalized spacial score (nSPS) is 14.3. The van der Waals surface area contributed by atoms with Crippen molar-refractivity contribution in [1.82, 2.24) is 19.9 Å². The molecule has 0 atom stereocenters. The molecular weight excluding hydrogens is 410 g/mol. The van der Waals surface area contributed by atoms with Crippen molar-refractivity contribution in [3.63, 3.8) is 0 Å². The highest BCUT2D eigenvalue weighted by molar-refractivity contribution is 5.93. The average Bonchev–Trinajstić information content (AvgIpc) is 2.89. The smallest absolute Gasteiger partial charge is 0.163 e. The molecule has 168 valence electrons. The van der Waals surface area contributed by atoms with E-state index >= 15 is 0 Å². The Morgan fingerprint density at radius 2 is 1.73 bits per heavy atom. The van der Waals surface area contributed by atoms with Crippen LogP contribution in [-0.4, -0.2) is 53.1 Å². The number of piperidine rings is 1. The maximum absolute atomic E-state index is 5.98. The van der Waals surface area contributed by atoms with Crippen LogP contribution >= 0.6 is 0 Å². The lowest BCUT2D eigenvalue weighted by Crippen LogP contribution is -2.33. The van der Waals surface area contributed by atoms with Crippen LogP contribution in [0.15, 0.2) is 67.0 Å². The first-order valence-electron chi connectivity index (χ1n) is 11.7. The molecule has 0 unspecified atom stereocenters. The molecule has 1 aliphatic heterocycles. The summed E-state index contributed by atoms with van der Waals surface area (Å²) in [7, 11) is 1.89. The first-order valence-corrected chi connectivity index (χ1v) is 11.7. The number of hydrogen-bond acceptors (Lipinski definition) is 6. The van der Waals surface area contributed by atoms with Gasteiger partial charge >= 0.3 is 0 Å². The van der Waals surface area contributed by atoms with Crippen molar-refractivity contribution < 1.29 is 4.74 Å². The molecule has 1 fully saturated rings. The third-order valence-corrected chi connectivity index (χ3v) is 6.16. The van der Waals surface area contributed by atoms with E-state index in [1.165, 1.54) is 32.4 Å². The topological polar surface area (TPSA) is 63.2 Å². The average molecular weight is 440 g/mol. The van der Waals surface area contributed by atoms with E-state index in [9.17, 15) is 0 Å². The molecule has 6 nitrogen and oxygen atoms in total. The fourth-order valence-corrected chi connectivity index (χ4v) is 4.34. The summed E-state index contributed by atoms with van der Waals surface area (Å²) in [5, 5.41) is 4.21. The molecule has 0 spiro atoms. The lowest BCUT2D eigenvalue weighted by atomic mass is 10.0. The van der Waals surface area contributed by atoms with E-state index in [0.717, 1.165) is 52.3 Å². The Balaban J connectivity index is 1.33. The van der Waals surface area contributed by atoms with Crippen molar-refractivity contribution in [2.24, 2.45) is 0 Å². The number of aromatic nitrogens is 3. The van der Waals surface area contributed by atoms with Gasteiger partial charge in [-0.1, -0.05) is 24.6 Å². The molecule has 6 heteroatoms. The predicted octanol–water partition coefficient (Wildman–Crippen LogP) is 5.27. The molecule has 0 radical (unpaired) electrons. The summed E-state index contributed by atoms with van der Waals surface area (Å²) < 4.78 is 5.98. The second-order valence-corrected chi connectivity index (χ2v) is 8.39. The van der Waals surface area contributed by atoms with Crippen LogP contribution in [0.1, 0.15) is 19.3 Å². The van der Waals surface area contributed by atoms with E-state index in [2.05, 4.69) is 57.7 Å². The lowest BCUT2D eigenvalue weighted by Gasteiger charge is -2.26. The molecule has 33 heavy (non-hydrogen) atoms. The van der Waals surface area contributed by atoms with E-state index in [4.69, 9.17) is 14.7 Å². The Morgan fingerprint density at radius 3 is 2.48 bits per heavy atom. The zero-order valence-electron chi connectivity index (χ0n) is 19.0. The Labute approximate surface area is 194 Å². The summed E-state index contributed by atoms with van der Waals surface area (Å²) in [6.45, 7) is 4.14. The maximum Gasteiger partial charge on any atom is 0.163 e. The number of ether oxygens (including phenoxy) is 1. The van der Waals surface area contributed by atoms with Crippen LogP contribution in [0.5, 0.6) is 5.75 Å². The summed E-state index contributed by atoms with van der Waals surface area (Å²) in [4.78, 5) is 16.2. The first-order chi connectivity index (χ1) is 16.3. The van der Waals surface area contributed by atoms with Crippen molar-refractivity contribution in [2.45, 2.75) is 19.3 Å². The zero-order valence-corrected chi connectivity index (χ0v) is 19.0. The second-order valence-electron chi connectivity index (χ2n) is 8.39. The molecular formula is C27H29N5O. The summed E-state index contributed by atoms with van der Waals surface area (Å²) >= 11 is 0. The number of rotatable bonds is 7. The van der Waals surface area contributed by atoms with Gasteiger partial charge in [0.25, 0.3) is 0 Å². The highest BCUT2D eigenvalue weighted by Gasteiger charge is 2.11. The zero-order chi connectivity index (χ0) is 22.5. The van der Waals surface area contributed by atoms with E-state index in [0.29, 0.717) is 5.82 Å². The van der Waals surface area contributed by atoms with Gasteiger partial charge < -0.3 is 10.1 Å². The molecule has 0 saturated carbocycles. The molecule has 1 aliphatic rings. The first kappa shape index (κ1) is 21.3. The van der Waals surface area contributed by atoms with Crippen LogP contribution in [-0.2, 0) is 0 Å². The summed E-state index contributed by atoms with van der Waals surface area (Å²) in [6.07, 6.45) is 7.52. The van der Waals surface area contributed by atoms with Gasteiger partial charge in [-0.05, 0) is 73.5 Å². The van der Waals surface area contributed by atoms with E-state index < -0.39 is 0 Å². The molecule has 5 rings (SSSR count). The van der Waals surface area contributed by atoms with E-state index in [1.807, 2.05) is 19.2 Å². The molecule has 3 heterocycles. The number of nitrogens with zero attached hydrogens (tertiary/aromatic N) is 4. The van der Waals surface area contributed by atoms with Crippen molar-refractivity contribution in [3.8, 4) is 28.3 Å². The van der Waals surface area contributed by atoms with Gasteiger partial charge in [-0.2, -0.15) is 0 Å². The SMILES string of the molecule is CNc1nc(-c2cccnc2)nc2ccc(-c3ccc(OCCN4CCCCC4)cc3)cc12. The standard InChI is InChI=1S/C27H29N5O/c1-28-27-24-18-21(9-12-25(24)30-26(31-27)22-6-5-13-29-19-22)20-7-10-23(11-8-20)33-17-16-32-14-3-2-4-15-32/h5-13,18-19H,2-4,14-17H2,1H3,(H,28,30,31). The quantitative estimate of drug-likeness (QED) is 0.424. The Morgan fingerprint density at radius 1 is 0.909 bits per heavy atom. The lowest BCUT2D eigenvalue weighted by molar-refractivity contribution is 0.183. The number of pyridine rings is 1. The van der Waals surface area contributed by atoms with Gasteiger partial charge in [0, 0.05) is 36.9 Å². The highest BCUT2D eigenvalue weighted by Crippen LogP contribution is 2.30. The predicted molar refractivity (Wildman–Crippen MR) is 134 cm³/mol. The summed E-state index contributed by atoms with van der Waals surface area (Å²) in [5.41, 5.74) is 4.06. The number of fused-ring (bicyclic) bond motifs is 1. The second kappa shape index (κ2) is 9.96. The minimum absolute atomic E-state index is 0.666. The molecule has 0 amide bonds. The fourth-order valence-electron chi connectivity index (χ4n) is 4.34. The number of nitrogens with one attached hydrogen (secondary N) is 1. The van der Waals surface area contributed by atoms with Gasteiger partial charge in [-0.25, -0.2) is 9.97 Å². The van der Waals surface area contributed by atoms with Crippen LogP contribution in [0.25, 0.3) is 33.4 Å². The van der Waals surface area contributed by atoms with Gasteiger partial charge in [-0.15, -0.1) is 0 Å². The number of anilines is 1. The van der Waals surface area contributed by atoms with Crippen molar-refractivity contribution in [2.75, 3.05) is 38.6 Å². The Kier molecular flexibility index (Phi) is 6.44. The minimum Gasteiger partial charge on any atom is -0.492 e. The highest BCUT2D eigenvalue weighted by atomic mass is 16.5. The Bertz CT molecular complexity index is 1200.